The Labute approximate surface area is 210 Å². The van der Waals surface area contributed by atoms with Crippen molar-refractivity contribution in [3.63, 3.8) is 0 Å². The Hall–Kier alpha value is -2.90. The topological polar surface area (TPSA) is 67.2 Å². The molecular formula is C28H32N4O2S. The average Bonchev–Trinajstić information content (AvgIpc) is 2.87. The van der Waals surface area contributed by atoms with Gasteiger partial charge in [0.2, 0.25) is 5.91 Å². The minimum absolute atomic E-state index is 0.0450. The van der Waals surface area contributed by atoms with E-state index in [2.05, 4.69) is 24.4 Å². The van der Waals surface area contributed by atoms with Crippen molar-refractivity contribution < 1.29 is 4.79 Å². The molecule has 0 saturated heterocycles. The molecule has 1 aromatic heterocycles. The van der Waals surface area contributed by atoms with Crippen LogP contribution in [0.15, 0.2) is 70.6 Å². The summed E-state index contributed by atoms with van der Waals surface area (Å²) in [5, 5.41) is 4.75. The maximum atomic E-state index is 13.7. The first-order valence-electron chi connectivity index (χ1n) is 12.5. The summed E-state index contributed by atoms with van der Waals surface area (Å²) in [6.45, 7) is 3.64. The Morgan fingerprint density at radius 1 is 1.11 bits per heavy atom. The molecule has 1 aliphatic heterocycles. The van der Waals surface area contributed by atoms with E-state index in [9.17, 15) is 9.59 Å². The molecule has 1 amide bonds. The molecule has 1 aliphatic carbocycles. The van der Waals surface area contributed by atoms with Gasteiger partial charge in [0.1, 0.15) is 0 Å². The van der Waals surface area contributed by atoms with Crippen molar-refractivity contribution in [2.75, 3.05) is 13.1 Å². The zero-order valence-electron chi connectivity index (χ0n) is 20.2. The van der Waals surface area contributed by atoms with Crippen molar-refractivity contribution in [3.05, 3.63) is 87.8 Å². The standard InChI is InChI=1S/C28H32N4O2S/c1-20(21-9-4-2-5-10-21)29-17-15-26(33)31-18-16-25-24(19-31)27(34)32(22-11-6-3-7-12-22)28(30-25)35-23-13-8-14-23/h2-7,9-12,20,23,29H,8,13-19H2,1H3/t20-/m1/s1. The first-order valence-corrected chi connectivity index (χ1v) is 13.4. The average molecular weight is 489 g/mol. The lowest BCUT2D eigenvalue weighted by Crippen LogP contribution is -2.42. The van der Waals surface area contributed by atoms with Crippen LogP contribution in [0, 0.1) is 0 Å². The van der Waals surface area contributed by atoms with Gasteiger partial charge in [0, 0.05) is 37.2 Å². The van der Waals surface area contributed by atoms with Crippen LogP contribution >= 0.6 is 11.8 Å². The van der Waals surface area contributed by atoms with Crippen LogP contribution in [0.5, 0.6) is 0 Å². The van der Waals surface area contributed by atoms with E-state index < -0.39 is 0 Å². The number of fused-ring (bicyclic) bond motifs is 1. The number of thioether (sulfide) groups is 1. The molecule has 7 heteroatoms. The van der Waals surface area contributed by atoms with E-state index in [1.54, 1.807) is 16.3 Å². The molecule has 1 N–H and O–H groups in total. The molecule has 1 fully saturated rings. The van der Waals surface area contributed by atoms with Gasteiger partial charge in [0.15, 0.2) is 5.16 Å². The molecule has 35 heavy (non-hydrogen) atoms. The minimum atomic E-state index is -0.0450. The first kappa shape index (κ1) is 23.8. The number of benzene rings is 2. The van der Waals surface area contributed by atoms with E-state index in [1.165, 1.54) is 24.8 Å². The third-order valence-electron chi connectivity index (χ3n) is 6.98. The number of para-hydroxylation sites is 1. The van der Waals surface area contributed by atoms with Crippen molar-refractivity contribution in [2.45, 2.75) is 62.0 Å². The number of aromatic nitrogens is 2. The predicted octanol–water partition coefficient (Wildman–Crippen LogP) is 4.50. The summed E-state index contributed by atoms with van der Waals surface area (Å²) in [5.41, 5.74) is 3.49. The van der Waals surface area contributed by atoms with Gasteiger partial charge in [-0.3, -0.25) is 14.2 Å². The molecule has 2 aliphatic rings. The van der Waals surface area contributed by atoms with Crippen molar-refractivity contribution in [1.29, 1.82) is 0 Å². The molecule has 182 valence electrons. The molecule has 6 nitrogen and oxygen atoms in total. The van der Waals surface area contributed by atoms with E-state index in [4.69, 9.17) is 4.98 Å². The van der Waals surface area contributed by atoms with Gasteiger partial charge in [-0.25, -0.2) is 4.98 Å². The molecule has 1 atom stereocenters. The van der Waals surface area contributed by atoms with Crippen molar-refractivity contribution in [1.82, 2.24) is 19.8 Å². The Balaban J connectivity index is 1.30. The molecule has 0 spiro atoms. The fraction of sp³-hybridized carbons (Fsp3) is 0.393. The van der Waals surface area contributed by atoms with Gasteiger partial charge < -0.3 is 10.2 Å². The second-order valence-corrected chi connectivity index (χ2v) is 10.6. The van der Waals surface area contributed by atoms with Gasteiger partial charge in [-0.2, -0.15) is 0 Å². The molecule has 3 aromatic rings. The lowest BCUT2D eigenvalue weighted by molar-refractivity contribution is -0.132. The number of hydrogen-bond donors (Lipinski definition) is 1. The molecule has 0 unspecified atom stereocenters. The van der Waals surface area contributed by atoms with E-state index in [0.29, 0.717) is 43.3 Å². The second-order valence-electron chi connectivity index (χ2n) is 9.37. The number of hydrogen-bond acceptors (Lipinski definition) is 5. The summed E-state index contributed by atoms with van der Waals surface area (Å²) in [4.78, 5) is 33.5. The van der Waals surface area contributed by atoms with Crippen LogP contribution in [0.4, 0.5) is 0 Å². The number of nitrogens with one attached hydrogen (secondary N) is 1. The quantitative estimate of drug-likeness (QED) is 0.473. The number of rotatable bonds is 8. The van der Waals surface area contributed by atoms with Gasteiger partial charge in [-0.1, -0.05) is 66.7 Å². The SMILES string of the molecule is C[C@@H](NCCC(=O)N1CCc2nc(SC3CCC3)n(-c3ccccc3)c(=O)c2C1)c1ccccc1. The number of nitrogens with zero attached hydrogens (tertiary/aromatic N) is 3. The Kier molecular flexibility index (Phi) is 7.35. The number of carbonyl (C=O) groups excluding carboxylic acids is 1. The highest BCUT2D eigenvalue weighted by Crippen LogP contribution is 2.36. The van der Waals surface area contributed by atoms with Gasteiger partial charge in [-0.05, 0) is 37.5 Å². The van der Waals surface area contributed by atoms with Gasteiger partial charge in [0.05, 0.1) is 23.5 Å². The van der Waals surface area contributed by atoms with Crippen LogP contribution in [-0.2, 0) is 17.8 Å². The largest absolute Gasteiger partial charge is 0.338 e. The summed E-state index contributed by atoms with van der Waals surface area (Å²) in [7, 11) is 0. The summed E-state index contributed by atoms with van der Waals surface area (Å²) < 4.78 is 1.75. The fourth-order valence-electron chi connectivity index (χ4n) is 4.60. The lowest BCUT2D eigenvalue weighted by Gasteiger charge is -2.30. The molecule has 1 saturated carbocycles. The molecule has 2 aromatic carbocycles. The molecular weight excluding hydrogens is 456 g/mol. The molecule has 2 heterocycles. The molecule has 5 rings (SSSR count). The van der Waals surface area contributed by atoms with Crippen LogP contribution in [0.3, 0.4) is 0 Å². The van der Waals surface area contributed by atoms with E-state index in [-0.39, 0.29) is 17.5 Å². The maximum absolute atomic E-state index is 13.7. The highest BCUT2D eigenvalue weighted by molar-refractivity contribution is 7.99. The number of carbonyl (C=O) groups is 1. The Bertz CT molecular complexity index is 1220. The van der Waals surface area contributed by atoms with Crippen LogP contribution in [0.25, 0.3) is 5.69 Å². The zero-order valence-corrected chi connectivity index (χ0v) is 21.0. The third-order valence-corrected chi connectivity index (χ3v) is 8.27. The number of amides is 1. The summed E-state index contributed by atoms with van der Waals surface area (Å²) >= 11 is 1.72. The summed E-state index contributed by atoms with van der Waals surface area (Å²) in [6, 6.07) is 20.1. The van der Waals surface area contributed by atoms with E-state index >= 15 is 0 Å². The van der Waals surface area contributed by atoms with Crippen LogP contribution in [0.2, 0.25) is 0 Å². The third kappa shape index (κ3) is 5.36. The normalized spacial score (nSPS) is 16.4. The maximum Gasteiger partial charge on any atom is 0.264 e. The van der Waals surface area contributed by atoms with Crippen molar-refractivity contribution in [3.8, 4) is 5.69 Å². The fourth-order valence-corrected chi connectivity index (χ4v) is 5.93. The molecule has 0 radical (unpaired) electrons. The predicted molar refractivity (Wildman–Crippen MR) is 140 cm³/mol. The Morgan fingerprint density at radius 3 is 2.51 bits per heavy atom. The highest BCUT2D eigenvalue weighted by Gasteiger charge is 2.28. The Morgan fingerprint density at radius 2 is 1.83 bits per heavy atom. The second kappa shape index (κ2) is 10.8. The van der Waals surface area contributed by atoms with Crippen LogP contribution < -0.4 is 10.9 Å². The van der Waals surface area contributed by atoms with Crippen LogP contribution in [0.1, 0.15) is 55.5 Å². The first-order chi connectivity index (χ1) is 17.1. The van der Waals surface area contributed by atoms with Gasteiger partial charge in [0.25, 0.3) is 5.56 Å². The monoisotopic (exact) mass is 488 g/mol. The van der Waals surface area contributed by atoms with Gasteiger partial charge in [-0.15, -0.1) is 0 Å². The van der Waals surface area contributed by atoms with Crippen molar-refractivity contribution >= 4 is 17.7 Å². The zero-order chi connectivity index (χ0) is 24.2. The molecule has 0 bridgehead atoms. The highest BCUT2D eigenvalue weighted by atomic mass is 32.2. The van der Waals surface area contributed by atoms with Crippen molar-refractivity contribution in [2.24, 2.45) is 0 Å². The van der Waals surface area contributed by atoms with E-state index in [0.717, 1.165) is 16.5 Å². The van der Waals surface area contributed by atoms with E-state index in [1.807, 2.05) is 53.4 Å². The summed E-state index contributed by atoms with van der Waals surface area (Å²) in [6.07, 6.45) is 4.62. The minimum Gasteiger partial charge on any atom is -0.338 e. The smallest absolute Gasteiger partial charge is 0.264 e. The lowest BCUT2D eigenvalue weighted by atomic mass is 10.0. The van der Waals surface area contributed by atoms with Gasteiger partial charge >= 0.3 is 0 Å². The van der Waals surface area contributed by atoms with Crippen LogP contribution in [-0.4, -0.2) is 38.7 Å². The summed E-state index contributed by atoms with van der Waals surface area (Å²) in [5.74, 6) is 0.0713.